The number of para-hydroxylation sites is 1. The monoisotopic (exact) mass is 285 g/mol. The van der Waals surface area contributed by atoms with Gasteiger partial charge in [0.1, 0.15) is 12.4 Å². The Labute approximate surface area is 122 Å². The molecule has 2 aromatic carbocycles. The van der Waals surface area contributed by atoms with Crippen molar-refractivity contribution in [3.63, 3.8) is 0 Å². The molecule has 0 amide bonds. The summed E-state index contributed by atoms with van der Waals surface area (Å²) in [4.78, 5) is 13.1. The predicted molar refractivity (Wildman–Crippen MR) is 78.9 cm³/mol. The minimum Gasteiger partial charge on any atom is -0.480 e. The molecule has 0 aliphatic heterocycles. The van der Waals surface area contributed by atoms with Gasteiger partial charge in [-0.2, -0.15) is 0 Å². The van der Waals surface area contributed by atoms with E-state index in [1.54, 1.807) is 12.1 Å². The van der Waals surface area contributed by atoms with Gasteiger partial charge in [-0.3, -0.25) is 4.79 Å². The summed E-state index contributed by atoms with van der Waals surface area (Å²) < 4.78 is 13.3. The topological polar surface area (TPSA) is 40.5 Å². The first-order valence-corrected chi connectivity index (χ1v) is 6.97. The van der Waals surface area contributed by atoms with Gasteiger partial charge in [-0.25, -0.2) is 4.39 Å². The van der Waals surface area contributed by atoms with Gasteiger partial charge in [-0.15, -0.1) is 0 Å². The minimum absolute atomic E-state index is 0.0147. The molecule has 0 saturated heterocycles. The highest BCUT2D eigenvalue weighted by Gasteiger charge is 2.29. The number of carboxylic acid groups (broad SMARTS) is 1. The second-order valence-electron chi connectivity index (χ2n) is 5.25. The van der Waals surface area contributed by atoms with Crippen molar-refractivity contribution in [1.29, 1.82) is 0 Å². The Bertz CT molecular complexity index is 657. The van der Waals surface area contributed by atoms with Gasteiger partial charge in [0.2, 0.25) is 0 Å². The molecule has 0 aromatic heterocycles. The van der Waals surface area contributed by atoms with Crippen LogP contribution in [0.3, 0.4) is 0 Å². The maximum Gasteiger partial charge on any atom is 0.323 e. The zero-order valence-electron chi connectivity index (χ0n) is 11.5. The lowest BCUT2D eigenvalue weighted by Gasteiger charge is -2.30. The van der Waals surface area contributed by atoms with Crippen molar-refractivity contribution >= 4 is 11.7 Å². The SMILES string of the molecule is O=C(O)CN(c1ccccc1)C1CCc2cc(F)ccc21. The molecule has 0 heterocycles. The molecule has 0 saturated carbocycles. The smallest absolute Gasteiger partial charge is 0.323 e. The van der Waals surface area contributed by atoms with Gasteiger partial charge < -0.3 is 10.0 Å². The molecule has 1 aliphatic rings. The van der Waals surface area contributed by atoms with Crippen molar-refractivity contribution in [3.05, 3.63) is 65.5 Å². The summed E-state index contributed by atoms with van der Waals surface area (Å²) in [5.41, 5.74) is 2.88. The first-order valence-electron chi connectivity index (χ1n) is 6.97. The van der Waals surface area contributed by atoms with Crippen LogP contribution in [0.2, 0.25) is 0 Å². The molecule has 0 spiro atoms. The Morgan fingerprint density at radius 1 is 1.24 bits per heavy atom. The Kier molecular flexibility index (Phi) is 3.60. The first-order chi connectivity index (χ1) is 10.1. The molecule has 21 heavy (non-hydrogen) atoms. The van der Waals surface area contributed by atoms with Crippen LogP contribution in [0.15, 0.2) is 48.5 Å². The first kappa shape index (κ1) is 13.6. The number of carbonyl (C=O) groups is 1. The molecule has 0 bridgehead atoms. The molecular weight excluding hydrogens is 269 g/mol. The second kappa shape index (κ2) is 5.56. The van der Waals surface area contributed by atoms with Crippen LogP contribution in [0.1, 0.15) is 23.6 Å². The van der Waals surface area contributed by atoms with E-state index in [1.165, 1.54) is 6.07 Å². The lowest BCUT2D eigenvalue weighted by molar-refractivity contribution is -0.135. The molecule has 1 aliphatic carbocycles. The molecule has 1 unspecified atom stereocenters. The summed E-state index contributed by atoms with van der Waals surface area (Å²) in [7, 11) is 0. The summed E-state index contributed by atoms with van der Waals surface area (Å²) in [6, 6.07) is 14.3. The number of aliphatic carboxylic acids is 1. The van der Waals surface area contributed by atoms with Crippen LogP contribution in [-0.4, -0.2) is 17.6 Å². The van der Waals surface area contributed by atoms with E-state index < -0.39 is 5.97 Å². The molecule has 2 aromatic rings. The van der Waals surface area contributed by atoms with E-state index >= 15 is 0 Å². The van der Waals surface area contributed by atoms with Crippen molar-refractivity contribution in [3.8, 4) is 0 Å². The van der Waals surface area contributed by atoms with Gasteiger partial charge in [-0.05, 0) is 48.2 Å². The van der Waals surface area contributed by atoms with Crippen LogP contribution >= 0.6 is 0 Å². The Morgan fingerprint density at radius 2 is 2.00 bits per heavy atom. The average molecular weight is 285 g/mol. The van der Waals surface area contributed by atoms with Gasteiger partial charge in [-0.1, -0.05) is 24.3 Å². The number of fused-ring (bicyclic) bond motifs is 1. The van der Waals surface area contributed by atoms with Gasteiger partial charge in [0.05, 0.1) is 6.04 Å². The fourth-order valence-corrected chi connectivity index (χ4v) is 3.03. The highest BCUT2D eigenvalue weighted by atomic mass is 19.1. The summed E-state index contributed by atoms with van der Waals surface area (Å²) in [5.74, 6) is -1.10. The van der Waals surface area contributed by atoms with Crippen LogP contribution in [0.4, 0.5) is 10.1 Å². The number of hydrogen-bond donors (Lipinski definition) is 1. The fourth-order valence-electron chi connectivity index (χ4n) is 3.03. The third-order valence-corrected chi connectivity index (χ3v) is 3.92. The van der Waals surface area contributed by atoms with Crippen LogP contribution in [0.5, 0.6) is 0 Å². The van der Waals surface area contributed by atoms with Crippen molar-refractivity contribution in [2.24, 2.45) is 0 Å². The van der Waals surface area contributed by atoms with Gasteiger partial charge >= 0.3 is 5.97 Å². The van der Waals surface area contributed by atoms with Gasteiger partial charge in [0.25, 0.3) is 0 Å². The standard InChI is InChI=1S/C17H16FNO2/c18-13-7-8-15-12(10-13)6-9-16(15)19(11-17(20)21)14-4-2-1-3-5-14/h1-5,7-8,10,16H,6,9,11H2,(H,20,21). The van der Waals surface area contributed by atoms with Crippen molar-refractivity contribution in [2.45, 2.75) is 18.9 Å². The summed E-state index contributed by atoms with van der Waals surface area (Å²) in [5, 5.41) is 9.20. The summed E-state index contributed by atoms with van der Waals surface area (Å²) >= 11 is 0. The van der Waals surface area contributed by atoms with Crippen molar-refractivity contribution in [1.82, 2.24) is 0 Å². The van der Waals surface area contributed by atoms with Gasteiger partial charge in [0, 0.05) is 5.69 Å². The third-order valence-electron chi connectivity index (χ3n) is 3.92. The number of nitrogens with zero attached hydrogens (tertiary/aromatic N) is 1. The third kappa shape index (κ3) is 2.75. The van der Waals surface area contributed by atoms with E-state index in [-0.39, 0.29) is 18.4 Å². The van der Waals surface area contributed by atoms with E-state index in [0.29, 0.717) is 0 Å². The molecule has 3 nitrogen and oxygen atoms in total. The lowest BCUT2D eigenvalue weighted by atomic mass is 10.1. The highest BCUT2D eigenvalue weighted by Crippen LogP contribution is 2.38. The number of halogens is 1. The maximum absolute atomic E-state index is 13.3. The number of carboxylic acids is 1. The molecule has 0 radical (unpaired) electrons. The molecule has 4 heteroatoms. The average Bonchev–Trinajstić information content (AvgIpc) is 2.88. The quantitative estimate of drug-likeness (QED) is 0.936. The van der Waals surface area contributed by atoms with E-state index in [1.807, 2.05) is 35.2 Å². The van der Waals surface area contributed by atoms with Crippen LogP contribution < -0.4 is 4.90 Å². The van der Waals surface area contributed by atoms with Crippen molar-refractivity contribution in [2.75, 3.05) is 11.4 Å². The zero-order valence-corrected chi connectivity index (χ0v) is 11.5. The molecule has 1 atom stereocenters. The zero-order chi connectivity index (χ0) is 14.8. The van der Waals surface area contributed by atoms with Crippen LogP contribution in [0.25, 0.3) is 0 Å². The summed E-state index contributed by atoms with van der Waals surface area (Å²) in [6.07, 6.45) is 1.58. The summed E-state index contributed by atoms with van der Waals surface area (Å²) in [6.45, 7) is -0.0640. The number of hydrogen-bond acceptors (Lipinski definition) is 2. The fraction of sp³-hybridized carbons (Fsp3) is 0.235. The van der Waals surface area contributed by atoms with E-state index in [9.17, 15) is 14.3 Å². The lowest BCUT2D eigenvalue weighted by Crippen LogP contribution is -2.32. The minimum atomic E-state index is -0.866. The van der Waals surface area contributed by atoms with Crippen LogP contribution in [-0.2, 0) is 11.2 Å². The van der Waals surface area contributed by atoms with Crippen molar-refractivity contribution < 1.29 is 14.3 Å². The molecule has 1 N–H and O–H groups in total. The Hall–Kier alpha value is -2.36. The predicted octanol–water partition coefficient (Wildman–Crippen LogP) is 3.40. The number of anilines is 1. The van der Waals surface area contributed by atoms with E-state index in [4.69, 9.17) is 0 Å². The molecule has 108 valence electrons. The van der Waals surface area contributed by atoms with E-state index in [2.05, 4.69) is 0 Å². The van der Waals surface area contributed by atoms with E-state index in [0.717, 1.165) is 29.7 Å². The number of aryl methyl sites for hydroxylation is 1. The molecule has 0 fully saturated rings. The Balaban J connectivity index is 1.98. The normalized spacial score (nSPS) is 16.5. The van der Waals surface area contributed by atoms with Crippen LogP contribution in [0, 0.1) is 5.82 Å². The van der Waals surface area contributed by atoms with Gasteiger partial charge in [0.15, 0.2) is 0 Å². The second-order valence-corrected chi connectivity index (χ2v) is 5.25. The Morgan fingerprint density at radius 3 is 2.71 bits per heavy atom. The highest BCUT2D eigenvalue weighted by molar-refractivity contribution is 5.74. The molecule has 3 rings (SSSR count). The largest absolute Gasteiger partial charge is 0.480 e. The maximum atomic E-state index is 13.3. The molecular formula is C17H16FNO2. The number of benzene rings is 2. The number of rotatable bonds is 4.